The van der Waals surface area contributed by atoms with Crippen molar-refractivity contribution in [3.05, 3.63) is 59.8 Å². The van der Waals surface area contributed by atoms with Gasteiger partial charge in [0.25, 0.3) is 5.91 Å². The minimum atomic E-state index is -0.220. The molecule has 2 aliphatic heterocycles. The van der Waals surface area contributed by atoms with E-state index in [0.717, 1.165) is 11.3 Å². The third kappa shape index (κ3) is 2.94. The average molecular weight is 335 g/mol. The molecule has 0 atom stereocenters. The second-order valence-corrected chi connectivity index (χ2v) is 5.61. The molecule has 2 aliphatic rings. The van der Waals surface area contributed by atoms with Gasteiger partial charge in [0.1, 0.15) is 5.70 Å². The molecule has 25 heavy (non-hydrogen) atoms. The second-order valence-electron chi connectivity index (χ2n) is 5.61. The summed E-state index contributed by atoms with van der Waals surface area (Å²) in [5.41, 5.74) is 2.18. The molecule has 0 aliphatic carbocycles. The highest BCUT2D eigenvalue weighted by atomic mass is 16.7. The van der Waals surface area contributed by atoms with E-state index in [2.05, 4.69) is 10.3 Å². The number of anilines is 1. The summed E-state index contributed by atoms with van der Waals surface area (Å²) in [5, 5.41) is 2.84. The number of aliphatic imine (C=N–C) groups is 1. The van der Waals surface area contributed by atoms with Crippen LogP contribution >= 0.6 is 0 Å². The Morgan fingerprint density at radius 2 is 1.96 bits per heavy atom. The van der Waals surface area contributed by atoms with Gasteiger partial charge >= 0.3 is 0 Å². The van der Waals surface area contributed by atoms with Crippen LogP contribution in [0.25, 0.3) is 6.08 Å². The molecule has 0 aromatic heterocycles. The third-order valence-corrected chi connectivity index (χ3v) is 4.02. The van der Waals surface area contributed by atoms with Gasteiger partial charge in [0.2, 0.25) is 12.8 Å². The van der Waals surface area contributed by atoms with Gasteiger partial charge in [-0.15, -0.1) is 0 Å². The fourth-order valence-corrected chi connectivity index (χ4v) is 2.81. The van der Waals surface area contributed by atoms with Gasteiger partial charge in [-0.2, -0.15) is 0 Å². The van der Waals surface area contributed by atoms with Gasteiger partial charge in [0.15, 0.2) is 11.5 Å². The lowest BCUT2D eigenvalue weighted by Crippen LogP contribution is -2.40. The summed E-state index contributed by atoms with van der Waals surface area (Å²) in [6, 6.07) is 15.4. The number of para-hydroxylation sites is 1. The molecule has 0 unspecified atom stereocenters. The fourth-order valence-electron chi connectivity index (χ4n) is 2.81. The molecule has 2 aromatic rings. The minimum absolute atomic E-state index is 0.220. The first-order chi connectivity index (χ1) is 12.2. The molecule has 4 rings (SSSR count). The molecular formula is C19H17N3O3. The Bertz CT molecular complexity index is 875. The number of amides is 1. The monoisotopic (exact) mass is 335 g/mol. The molecule has 1 amide bonds. The van der Waals surface area contributed by atoms with Crippen molar-refractivity contribution in [2.24, 2.45) is 4.99 Å². The van der Waals surface area contributed by atoms with Crippen molar-refractivity contribution < 1.29 is 14.3 Å². The van der Waals surface area contributed by atoms with Crippen molar-refractivity contribution in [2.45, 2.75) is 6.92 Å². The minimum Gasteiger partial charge on any atom is -0.454 e. The van der Waals surface area contributed by atoms with Crippen molar-refractivity contribution in [2.75, 3.05) is 18.2 Å². The van der Waals surface area contributed by atoms with Crippen LogP contribution in [0.4, 0.5) is 5.69 Å². The first-order valence-electron chi connectivity index (χ1n) is 8.08. The Labute approximate surface area is 145 Å². The zero-order valence-corrected chi connectivity index (χ0v) is 13.7. The summed E-state index contributed by atoms with van der Waals surface area (Å²) in [5.74, 6) is 1.70. The van der Waals surface area contributed by atoms with E-state index in [-0.39, 0.29) is 12.7 Å². The SMILES string of the molecule is CCN(C1=N/C(=C\c2ccc3c(c2)OCO3)C(=O)N1)c1ccccc1. The Kier molecular flexibility index (Phi) is 3.85. The van der Waals surface area contributed by atoms with E-state index < -0.39 is 0 Å². The number of nitrogens with zero attached hydrogens (tertiary/aromatic N) is 2. The predicted molar refractivity (Wildman–Crippen MR) is 95.6 cm³/mol. The van der Waals surface area contributed by atoms with Crippen LogP contribution in [0, 0.1) is 0 Å². The Balaban J connectivity index is 1.63. The first kappa shape index (κ1) is 15.3. The van der Waals surface area contributed by atoms with Crippen LogP contribution in [0.2, 0.25) is 0 Å². The molecule has 2 heterocycles. The number of rotatable bonds is 3. The van der Waals surface area contributed by atoms with Gasteiger partial charge in [-0.3, -0.25) is 10.1 Å². The van der Waals surface area contributed by atoms with Crippen molar-refractivity contribution in [3.8, 4) is 11.5 Å². The molecule has 0 saturated carbocycles. The third-order valence-electron chi connectivity index (χ3n) is 4.02. The molecule has 6 nitrogen and oxygen atoms in total. The molecule has 0 bridgehead atoms. The number of nitrogens with one attached hydrogen (secondary N) is 1. The lowest BCUT2D eigenvalue weighted by Gasteiger charge is -2.21. The Hall–Kier alpha value is -3.28. The molecule has 1 N–H and O–H groups in total. The molecule has 126 valence electrons. The normalized spacial score (nSPS) is 16.8. The van der Waals surface area contributed by atoms with E-state index in [0.29, 0.717) is 29.7 Å². The van der Waals surface area contributed by atoms with E-state index in [1.54, 1.807) is 6.08 Å². The lowest BCUT2D eigenvalue weighted by molar-refractivity contribution is -0.115. The van der Waals surface area contributed by atoms with Crippen LogP contribution in [-0.2, 0) is 4.79 Å². The Morgan fingerprint density at radius 3 is 2.76 bits per heavy atom. The number of carbonyl (C=O) groups is 1. The maximum Gasteiger partial charge on any atom is 0.276 e. The van der Waals surface area contributed by atoms with Crippen molar-refractivity contribution in [3.63, 3.8) is 0 Å². The van der Waals surface area contributed by atoms with Crippen molar-refractivity contribution in [1.82, 2.24) is 5.32 Å². The van der Waals surface area contributed by atoms with Gasteiger partial charge in [-0.25, -0.2) is 4.99 Å². The van der Waals surface area contributed by atoms with E-state index >= 15 is 0 Å². The van der Waals surface area contributed by atoms with Crippen molar-refractivity contribution in [1.29, 1.82) is 0 Å². The highest BCUT2D eigenvalue weighted by Crippen LogP contribution is 2.33. The quantitative estimate of drug-likeness (QED) is 0.876. The molecule has 2 aromatic carbocycles. The summed E-state index contributed by atoms with van der Waals surface area (Å²) in [6.07, 6.45) is 1.74. The maximum atomic E-state index is 12.3. The standard InChI is InChI=1S/C19H17N3O3/c1-2-22(14-6-4-3-5-7-14)19-20-15(18(23)21-19)10-13-8-9-16-17(11-13)25-12-24-16/h3-11H,2,12H2,1H3,(H,20,21,23)/b15-10-. The number of benzene rings is 2. The van der Waals surface area contributed by atoms with Gasteiger partial charge < -0.3 is 14.4 Å². The molecule has 0 radical (unpaired) electrons. The zero-order valence-electron chi connectivity index (χ0n) is 13.7. The van der Waals surface area contributed by atoms with Crippen LogP contribution in [0.5, 0.6) is 11.5 Å². The number of guanidine groups is 1. The summed E-state index contributed by atoms with van der Waals surface area (Å²) >= 11 is 0. The smallest absolute Gasteiger partial charge is 0.276 e. The fraction of sp³-hybridized carbons (Fsp3) is 0.158. The van der Waals surface area contributed by atoms with Crippen LogP contribution in [0.15, 0.2) is 59.2 Å². The molecule has 0 spiro atoms. The summed E-state index contributed by atoms with van der Waals surface area (Å²) in [6.45, 7) is 2.93. The van der Waals surface area contributed by atoms with E-state index in [9.17, 15) is 4.79 Å². The lowest BCUT2D eigenvalue weighted by atomic mass is 10.1. The number of ether oxygens (including phenoxy) is 2. The molecule has 0 saturated heterocycles. The Morgan fingerprint density at radius 1 is 1.16 bits per heavy atom. The number of carbonyl (C=O) groups excluding carboxylic acids is 1. The van der Waals surface area contributed by atoms with Crippen LogP contribution in [0.3, 0.4) is 0 Å². The van der Waals surface area contributed by atoms with E-state index in [1.807, 2.05) is 60.4 Å². The van der Waals surface area contributed by atoms with Crippen LogP contribution < -0.4 is 19.7 Å². The number of fused-ring (bicyclic) bond motifs is 1. The zero-order chi connectivity index (χ0) is 17.2. The predicted octanol–water partition coefficient (Wildman–Crippen LogP) is 2.77. The highest BCUT2D eigenvalue weighted by molar-refractivity contribution is 6.18. The molecule has 6 heteroatoms. The highest BCUT2D eigenvalue weighted by Gasteiger charge is 2.25. The van der Waals surface area contributed by atoms with Crippen LogP contribution in [0.1, 0.15) is 12.5 Å². The largest absolute Gasteiger partial charge is 0.454 e. The average Bonchev–Trinajstić information content (AvgIpc) is 3.23. The van der Waals surface area contributed by atoms with Crippen molar-refractivity contribution >= 4 is 23.6 Å². The first-order valence-corrected chi connectivity index (χ1v) is 8.08. The number of hydrogen-bond donors (Lipinski definition) is 1. The summed E-state index contributed by atoms with van der Waals surface area (Å²) in [7, 11) is 0. The molecular weight excluding hydrogens is 318 g/mol. The maximum absolute atomic E-state index is 12.3. The van der Waals surface area contributed by atoms with Gasteiger partial charge in [-0.05, 0) is 42.8 Å². The molecule has 0 fully saturated rings. The van der Waals surface area contributed by atoms with E-state index in [4.69, 9.17) is 9.47 Å². The van der Waals surface area contributed by atoms with Gasteiger partial charge in [-0.1, -0.05) is 24.3 Å². The van der Waals surface area contributed by atoms with Crippen LogP contribution in [-0.4, -0.2) is 25.2 Å². The summed E-state index contributed by atoms with van der Waals surface area (Å²) < 4.78 is 10.7. The second kappa shape index (κ2) is 6.32. The van der Waals surface area contributed by atoms with Gasteiger partial charge in [0, 0.05) is 12.2 Å². The topological polar surface area (TPSA) is 63.2 Å². The van der Waals surface area contributed by atoms with E-state index in [1.165, 1.54) is 0 Å². The number of hydrogen-bond acceptors (Lipinski definition) is 5. The summed E-state index contributed by atoms with van der Waals surface area (Å²) in [4.78, 5) is 18.7. The van der Waals surface area contributed by atoms with Gasteiger partial charge in [0.05, 0.1) is 0 Å².